The van der Waals surface area contributed by atoms with Gasteiger partial charge in [-0.1, -0.05) is 0 Å². The third kappa shape index (κ3) is 2.42. The second kappa shape index (κ2) is 4.72. The van der Waals surface area contributed by atoms with Crippen LogP contribution in [-0.4, -0.2) is 35.7 Å². The van der Waals surface area contributed by atoms with Crippen LogP contribution in [0.3, 0.4) is 0 Å². The minimum absolute atomic E-state index is 0.00103. The Labute approximate surface area is 85.1 Å². The first-order chi connectivity index (χ1) is 7.10. The van der Waals surface area contributed by atoms with Crippen LogP contribution in [0.2, 0.25) is 0 Å². The van der Waals surface area contributed by atoms with E-state index >= 15 is 0 Å². The third-order valence-corrected chi connectivity index (χ3v) is 1.80. The molecule has 0 aromatic carbocycles. The molecule has 2 unspecified atom stereocenters. The number of carbonyl (C=O) groups excluding carboxylic acids is 2. The van der Waals surface area contributed by atoms with Crippen LogP contribution in [0, 0.1) is 0 Å². The summed E-state index contributed by atoms with van der Waals surface area (Å²) in [6.07, 6.45) is -2.84. The molecular weight excluding hydrogens is 204 g/mol. The van der Waals surface area contributed by atoms with Crippen LogP contribution in [0.15, 0.2) is 16.5 Å². The van der Waals surface area contributed by atoms with Crippen LogP contribution in [0.1, 0.15) is 22.4 Å². The van der Waals surface area contributed by atoms with Crippen LogP contribution in [0.5, 0.6) is 0 Å². The fraction of sp³-hybridized carbons (Fsp3) is 0.333. The normalized spacial score (nSPS) is 14.3. The molecule has 0 bridgehead atoms. The Morgan fingerprint density at radius 2 is 2.20 bits per heavy atom. The Morgan fingerprint density at radius 1 is 1.53 bits per heavy atom. The molecule has 0 aliphatic heterocycles. The van der Waals surface area contributed by atoms with Gasteiger partial charge in [-0.15, -0.1) is 0 Å². The summed E-state index contributed by atoms with van der Waals surface area (Å²) in [6, 6.07) is 2.61. The van der Waals surface area contributed by atoms with Gasteiger partial charge in [-0.05, 0) is 12.1 Å². The molecular formula is C9H10O6. The van der Waals surface area contributed by atoms with Gasteiger partial charge >= 0.3 is 5.97 Å². The highest BCUT2D eigenvalue weighted by Crippen LogP contribution is 2.19. The van der Waals surface area contributed by atoms with E-state index in [9.17, 15) is 19.8 Å². The molecule has 2 N–H and O–H groups in total. The number of hydrogen-bond acceptors (Lipinski definition) is 6. The standard InChI is InChI=1S/C9H10O6/c1-14-9(13)8(12)7(11)6-3-2-5(4-10)15-6/h2-4,7-8,11-12H,1H3. The Kier molecular flexibility index (Phi) is 3.59. The number of aliphatic hydroxyl groups is 2. The van der Waals surface area contributed by atoms with Crippen molar-refractivity contribution in [1.82, 2.24) is 0 Å². The molecule has 1 heterocycles. The van der Waals surface area contributed by atoms with E-state index in [1.54, 1.807) is 0 Å². The van der Waals surface area contributed by atoms with Crippen LogP contribution in [-0.2, 0) is 9.53 Å². The largest absolute Gasteiger partial charge is 0.467 e. The van der Waals surface area contributed by atoms with E-state index in [1.165, 1.54) is 12.1 Å². The van der Waals surface area contributed by atoms with Crippen molar-refractivity contribution in [2.45, 2.75) is 12.2 Å². The van der Waals surface area contributed by atoms with Gasteiger partial charge in [0.25, 0.3) is 0 Å². The number of aldehydes is 1. The van der Waals surface area contributed by atoms with Gasteiger partial charge in [-0.3, -0.25) is 4.79 Å². The molecule has 0 saturated carbocycles. The fourth-order valence-corrected chi connectivity index (χ4v) is 0.996. The number of ether oxygens (including phenoxy) is 1. The molecule has 0 aliphatic carbocycles. The summed E-state index contributed by atoms with van der Waals surface area (Å²) < 4.78 is 9.05. The van der Waals surface area contributed by atoms with Crippen molar-refractivity contribution < 1.29 is 29.0 Å². The molecule has 1 aromatic rings. The topological polar surface area (TPSA) is 97.0 Å². The zero-order chi connectivity index (χ0) is 11.4. The highest BCUT2D eigenvalue weighted by atomic mass is 16.5. The minimum atomic E-state index is -1.74. The third-order valence-electron chi connectivity index (χ3n) is 1.80. The van der Waals surface area contributed by atoms with Gasteiger partial charge in [0.15, 0.2) is 18.2 Å². The molecule has 1 aromatic heterocycles. The minimum Gasteiger partial charge on any atom is -0.467 e. The summed E-state index contributed by atoms with van der Waals surface area (Å²) in [5, 5.41) is 18.7. The molecule has 0 amide bonds. The predicted octanol–water partition coefficient (Wildman–Crippen LogP) is -0.341. The van der Waals surface area contributed by atoms with E-state index in [2.05, 4.69) is 4.74 Å². The quantitative estimate of drug-likeness (QED) is 0.525. The number of hydrogen-bond donors (Lipinski definition) is 2. The van der Waals surface area contributed by atoms with E-state index in [0.717, 1.165) is 7.11 Å². The molecule has 2 atom stereocenters. The van der Waals surface area contributed by atoms with E-state index < -0.39 is 18.2 Å². The lowest BCUT2D eigenvalue weighted by Crippen LogP contribution is -2.28. The average Bonchev–Trinajstić information content (AvgIpc) is 2.74. The number of rotatable bonds is 4. The van der Waals surface area contributed by atoms with Crippen molar-refractivity contribution in [1.29, 1.82) is 0 Å². The first kappa shape index (κ1) is 11.4. The molecule has 82 valence electrons. The summed E-state index contributed by atoms with van der Waals surface area (Å²) in [5.41, 5.74) is 0. The van der Waals surface area contributed by atoms with Crippen LogP contribution in [0.25, 0.3) is 0 Å². The number of methoxy groups -OCH3 is 1. The van der Waals surface area contributed by atoms with Gasteiger partial charge < -0.3 is 19.4 Å². The van der Waals surface area contributed by atoms with Crippen molar-refractivity contribution in [3.63, 3.8) is 0 Å². The van der Waals surface area contributed by atoms with Gasteiger partial charge in [0.2, 0.25) is 0 Å². The van der Waals surface area contributed by atoms with Crippen LogP contribution >= 0.6 is 0 Å². The second-order valence-electron chi connectivity index (χ2n) is 2.77. The SMILES string of the molecule is COC(=O)C(O)C(O)c1ccc(C=O)o1. The Hall–Kier alpha value is -1.66. The molecule has 6 heteroatoms. The van der Waals surface area contributed by atoms with Gasteiger partial charge in [-0.25, -0.2) is 4.79 Å². The maximum absolute atomic E-state index is 10.9. The lowest BCUT2D eigenvalue weighted by molar-refractivity contribution is -0.157. The molecule has 0 fully saturated rings. The molecule has 0 aliphatic rings. The van der Waals surface area contributed by atoms with E-state index in [-0.39, 0.29) is 11.5 Å². The molecule has 15 heavy (non-hydrogen) atoms. The maximum atomic E-state index is 10.9. The zero-order valence-corrected chi connectivity index (χ0v) is 7.91. The second-order valence-corrected chi connectivity index (χ2v) is 2.77. The maximum Gasteiger partial charge on any atom is 0.337 e. The van der Waals surface area contributed by atoms with E-state index in [4.69, 9.17) is 4.42 Å². The summed E-state index contributed by atoms with van der Waals surface area (Å²) in [6.45, 7) is 0. The van der Waals surface area contributed by atoms with Crippen LogP contribution in [0.4, 0.5) is 0 Å². The number of carbonyl (C=O) groups is 2. The number of esters is 1. The number of aliphatic hydroxyl groups excluding tert-OH is 2. The average molecular weight is 214 g/mol. The monoisotopic (exact) mass is 214 g/mol. The molecule has 6 nitrogen and oxygen atoms in total. The van der Waals surface area contributed by atoms with Gasteiger partial charge in [0.05, 0.1) is 7.11 Å². The lowest BCUT2D eigenvalue weighted by Gasteiger charge is -2.12. The van der Waals surface area contributed by atoms with Crippen LogP contribution < -0.4 is 0 Å². The van der Waals surface area contributed by atoms with Crippen molar-refractivity contribution in [3.8, 4) is 0 Å². The molecule has 0 saturated heterocycles. The molecule has 0 spiro atoms. The first-order valence-electron chi connectivity index (χ1n) is 4.09. The zero-order valence-electron chi connectivity index (χ0n) is 7.91. The molecule has 1 rings (SSSR count). The predicted molar refractivity (Wildman–Crippen MR) is 47.1 cm³/mol. The number of furan rings is 1. The Bertz CT molecular complexity index is 355. The summed E-state index contributed by atoms with van der Waals surface area (Å²) in [5.74, 6) is -1.05. The van der Waals surface area contributed by atoms with E-state index in [0.29, 0.717) is 6.29 Å². The smallest absolute Gasteiger partial charge is 0.337 e. The van der Waals surface area contributed by atoms with Crippen molar-refractivity contribution >= 4 is 12.3 Å². The van der Waals surface area contributed by atoms with Crippen molar-refractivity contribution in [3.05, 3.63) is 23.7 Å². The van der Waals surface area contributed by atoms with Crippen molar-refractivity contribution in [2.75, 3.05) is 7.11 Å². The highest BCUT2D eigenvalue weighted by Gasteiger charge is 2.28. The summed E-state index contributed by atoms with van der Waals surface area (Å²) >= 11 is 0. The fourth-order valence-electron chi connectivity index (χ4n) is 0.996. The van der Waals surface area contributed by atoms with Gasteiger partial charge in [0.1, 0.15) is 11.9 Å². The van der Waals surface area contributed by atoms with Crippen molar-refractivity contribution in [2.24, 2.45) is 0 Å². The summed E-state index contributed by atoms with van der Waals surface area (Å²) in [7, 11) is 1.08. The highest BCUT2D eigenvalue weighted by molar-refractivity contribution is 5.75. The van der Waals surface area contributed by atoms with Gasteiger partial charge in [-0.2, -0.15) is 0 Å². The van der Waals surface area contributed by atoms with Gasteiger partial charge in [0, 0.05) is 0 Å². The first-order valence-corrected chi connectivity index (χ1v) is 4.09. The van der Waals surface area contributed by atoms with E-state index in [1.807, 2.05) is 0 Å². The lowest BCUT2D eigenvalue weighted by atomic mass is 10.1. The summed E-state index contributed by atoms with van der Waals surface area (Å²) in [4.78, 5) is 21.1. The molecule has 0 radical (unpaired) electrons. The Morgan fingerprint density at radius 3 is 2.67 bits per heavy atom. The Balaban J connectivity index is 2.79.